The van der Waals surface area contributed by atoms with Gasteiger partial charge in [0, 0.05) is 5.56 Å². The molecule has 0 spiro atoms. The third-order valence-electron chi connectivity index (χ3n) is 3.89. The van der Waals surface area contributed by atoms with E-state index in [0.717, 1.165) is 12.1 Å². The van der Waals surface area contributed by atoms with Crippen LogP contribution in [0.2, 0.25) is 0 Å². The van der Waals surface area contributed by atoms with Crippen LogP contribution in [0.3, 0.4) is 0 Å². The molecule has 0 saturated heterocycles. The highest BCUT2D eigenvalue weighted by atomic mass is 19.4. The van der Waals surface area contributed by atoms with Gasteiger partial charge in [-0.05, 0) is 45.6 Å². The van der Waals surface area contributed by atoms with Gasteiger partial charge in [-0.15, -0.1) is 0 Å². The van der Waals surface area contributed by atoms with Crippen LogP contribution in [0.25, 0.3) is 0 Å². The molecule has 1 aromatic rings. The zero-order valence-corrected chi connectivity index (χ0v) is 14.3. The average Bonchev–Trinajstić information content (AvgIpc) is 3.29. The molecule has 1 aliphatic rings. The Kier molecular flexibility index (Phi) is 5.27. The number of alkyl halides is 3. The predicted octanol–water partition coefficient (Wildman–Crippen LogP) is 3.62. The minimum atomic E-state index is -4.74. The lowest BCUT2D eigenvalue weighted by Crippen LogP contribution is -2.41. The lowest BCUT2D eigenvalue weighted by molar-refractivity contribution is -0.162. The molecule has 4 nitrogen and oxygen atoms in total. The number of aliphatic hydroxyl groups excluding tert-OH is 1. The van der Waals surface area contributed by atoms with Gasteiger partial charge in [0.15, 0.2) is 5.78 Å². The summed E-state index contributed by atoms with van der Waals surface area (Å²) in [5, 5.41) is 10.3. The Bertz CT molecular complexity index is 657. The number of hydrogen-bond acceptors (Lipinski definition) is 4. The van der Waals surface area contributed by atoms with Crippen LogP contribution in [-0.4, -0.2) is 28.6 Å². The van der Waals surface area contributed by atoms with Crippen LogP contribution in [0, 0.1) is 11.8 Å². The van der Waals surface area contributed by atoms with E-state index in [0.29, 0.717) is 12.8 Å². The molecule has 0 aliphatic heterocycles. The zero-order valence-electron chi connectivity index (χ0n) is 14.3. The number of rotatable bonds is 5. The smallest absolute Gasteiger partial charge is 0.417 e. The number of ketones is 1. The number of hydrogen-bond donors (Lipinski definition) is 1. The maximum atomic E-state index is 13.2. The normalized spacial score (nSPS) is 17.7. The second-order valence-electron chi connectivity index (χ2n) is 7.25. The first-order valence-electron chi connectivity index (χ1n) is 8.03. The van der Waals surface area contributed by atoms with E-state index in [4.69, 9.17) is 4.74 Å². The summed E-state index contributed by atoms with van der Waals surface area (Å²) < 4.78 is 44.7. The SMILES string of the molecule is CC(C)(C)OC(=O)C(C(=O)c1ccccc1C(F)(F)F)C(O)C1CC1. The molecule has 0 bridgehead atoms. The van der Waals surface area contributed by atoms with E-state index in [1.165, 1.54) is 12.1 Å². The fourth-order valence-electron chi connectivity index (χ4n) is 2.59. The minimum Gasteiger partial charge on any atom is -0.459 e. The predicted molar refractivity (Wildman–Crippen MR) is 83.8 cm³/mol. The zero-order chi connectivity index (χ0) is 19.0. The van der Waals surface area contributed by atoms with E-state index >= 15 is 0 Å². The van der Waals surface area contributed by atoms with E-state index in [-0.39, 0.29) is 5.92 Å². The molecule has 138 valence electrons. The van der Waals surface area contributed by atoms with Crippen molar-refractivity contribution < 1.29 is 32.6 Å². The summed E-state index contributed by atoms with van der Waals surface area (Å²) in [6.07, 6.45) is -4.86. The number of aliphatic hydroxyl groups is 1. The van der Waals surface area contributed by atoms with Gasteiger partial charge in [0.2, 0.25) is 0 Å². The number of carbonyl (C=O) groups excluding carboxylic acids is 2. The fraction of sp³-hybridized carbons (Fsp3) is 0.556. The van der Waals surface area contributed by atoms with Gasteiger partial charge in [0.1, 0.15) is 11.5 Å². The van der Waals surface area contributed by atoms with E-state index in [9.17, 15) is 27.9 Å². The highest BCUT2D eigenvalue weighted by Crippen LogP contribution is 2.39. The van der Waals surface area contributed by atoms with Crippen molar-refractivity contribution in [2.24, 2.45) is 11.8 Å². The lowest BCUT2D eigenvalue weighted by atomic mass is 9.87. The molecule has 7 heteroatoms. The summed E-state index contributed by atoms with van der Waals surface area (Å²) in [6, 6.07) is 4.25. The third kappa shape index (κ3) is 4.81. The van der Waals surface area contributed by atoms with E-state index < -0.39 is 46.7 Å². The summed E-state index contributed by atoms with van der Waals surface area (Å²) in [6.45, 7) is 4.75. The van der Waals surface area contributed by atoms with Gasteiger partial charge >= 0.3 is 12.1 Å². The summed E-state index contributed by atoms with van der Waals surface area (Å²) in [5.41, 5.74) is -2.69. The Hall–Kier alpha value is -1.89. The van der Waals surface area contributed by atoms with Crippen molar-refractivity contribution in [2.45, 2.75) is 51.5 Å². The molecule has 2 unspecified atom stereocenters. The largest absolute Gasteiger partial charge is 0.459 e. The second-order valence-corrected chi connectivity index (χ2v) is 7.25. The van der Waals surface area contributed by atoms with Gasteiger partial charge in [0.25, 0.3) is 0 Å². The van der Waals surface area contributed by atoms with Gasteiger partial charge in [-0.2, -0.15) is 13.2 Å². The maximum Gasteiger partial charge on any atom is 0.417 e. The van der Waals surface area contributed by atoms with Crippen LogP contribution >= 0.6 is 0 Å². The van der Waals surface area contributed by atoms with Crippen LogP contribution in [0.5, 0.6) is 0 Å². The first kappa shape index (κ1) is 19.4. The highest BCUT2D eigenvalue weighted by molar-refractivity contribution is 6.10. The molecular formula is C18H21F3O4. The van der Waals surface area contributed by atoms with Crippen molar-refractivity contribution in [1.82, 2.24) is 0 Å². The molecule has 1 saturated carbocycles. The molecule has 1 aliphatic carbocycles. The molecule has 1 fully saturated rings. The van der Waals surface area contributed by atoms with Crippen molar-refractivity contribution >= 4 is 11.8 Å². The Morgan fingerprint density at radius 3 is 2.20 bits per heavy atom. The van der Waals surface area contributed by atoms with Crippen molar-refractivity contribution in [1.29, 1.82) is 0 Å². The number of ether oxygens (including phenoxy) is 1. The molecule has 0 amide bonds. The molecule has 1 aromatic carbocycles. The van der Waals surface area contributed by atoms with Crippen molar-refractivity contribution in [3.05, 3.63) is 35.4 Å². The average molecular weight is 358 g/mol. The first-order valence-corrected chi connectivity index (χ1v) is 8.03. The molecular weight excluding hydrogens is 337 g/mol. The molecule has 1 N–H and O–H groups in total. The number of benzene rings is 1. The van der Waals surface area contributed by atoms with Gasteiger partial charge in [-0.3, -0.25) is 9.59 Å². The third-order valence-corrected chi connectivity index (χ3v) is 3.89. The Labute approximate surface area is 144 Å². The first-order chi connectivity index (χ1) is 11.4. The number of carbonyl (C=O) groups is 2. The van der Waals surface area contributed by atoms with E-state index in [1.54, 1.807) is 20.8 Å². The molecule has 0 aromatic heterocycles. The van der Waals surface area contributed by atoms with E-state index in [2.05, 4.69) is 0 Å². The standard InChI is InChI=1S/C18H21F3O4/c1-17(2,3)25-16(24)13(14(22)10-8-9-10)15(23)11-6-4-5-7-12(11)18(19,20)21/h4-7,10,13-14,22H,8-9H2,1-3H3. The summed E-state index contributed by atoms with van der Waals surface area (Å²) in [4.78, 5) is 25.2. The van der Waals surface area contributed by atoms with Crippen molar-refractivity contribution in [3.8, 4) is 0 Å². The topological polar surface area (TPSA) is 63.6 Å². The maximum absolute atomic E-state index is 13.2. The van der Waals surface area contributed by atoms with E-state index in [1.807, 2.05) is 0 Å². The van der Waals surface area contributed by atoms with Gasteiger partial charge in [0.05, 0.1) is 11.7 Å². The van der Waals surface area contributed by atoms with Gasteiger partial charge < -0.3 is 9.84 Å². The van der Waals surface area contributed by atoms with Crippen molar-refractivity contribution in [3.63, 3.8) is 0 Å². The lowest BCUT2D eigenvalue weighted by Gasteiger charge is -2.26. The molecule has 25 heavy (non-hydrogen) atoms. The molecule has 2 atom stereocenters. The monoisotopic (exact) mass is 358 g/mol. The minimum absolute atomic E-state index is 0.278. The van der Waals surface area contributed by atoms with Crippen LogP contribution in [-0.2, 0) is 15.7 Å². The number of esters is 1. The van der Waals surface area contributed by atoms with Crippen LogP contribution in [0.15, 0.2) is 24.3 Å². The fourth-order valence-corrected chi connectivity index (χ4v) is 2.59. The van der Waals surface area contributed by atoms with Crippen molar-refractivity contribution in [2.75, 3.05) is 0 Å². The van der Waals surface area contributed by atoms with Gasteiger partial charge in [-0.25, -0.2) is 0 Å². The molecule has 2 rings (SSSR count). The second kappa shape index (κ2) is 6.78. The Morgan fingerprint density at radius 1 is 1.16 bits per heavy atom. The van der Waals surface area contributed by atoms with Crippen LogP contribution < -0.4 is 0 Å². The summed E-state index contributed by atoms with van der Waals surface area (Å²) in [5.74, 6) is -4.02. The quantitative estimate of drug-likeness (QED) is 0.496. The highest BCUT2D eigenvalue weighted by Gasteiger charge is 2.46. The Balaban J connectivity index is 2.41. The summed E-state index contributed by atoms with van der Waals surface area (Å²) >= 11 is 0. The molecule has 0 radical (unpaired) electrons. The summed E-state index contributed by atoms with van der Waals surface area (Å²) in [7, 11) is 0. The van der Waals surface area contributed by atoms with Crippen LogP contribution in [0.4, 0.5) is 13.2 Å². The van der Waals surface area contributed by atoms with Gasteiger partial charge in [-0.1, -0.05) is 18.2 Å². The Morgan fingerprint density at radius 2 is 1.72 bits per heavy atom. The number of halogens is 3. The molecule has 0 heterocycles. The number of Topliss-reactive ketones (excluding diaryl/α,β-unsaturated/α-hetero) is 1. The van der Waals surface area contributed by atoms with Crippen LogP contribution in [0.1, 0.15) is 49.5 Å².